The van der Waals surface area contributed by atoms with E-state index < -0.39 is 0 Å². The average molecular weight is 376 g/mol. The van der Waals surface area contributed by atoms with E-state index in [1.54, 1.807) is 6.07 Å². The first-order valence-electron chi connectivity index (χ1n) is 8.48. The number of benzene rings is 2. The van der Waals surface area contributed by atoms with Gasteiger partial charge in [-0.3, -0.25) is 0 Å². The Bertz CT molecular complexity index is 867. The number of nitrogens with two attached hydrogens (primary N) is 1. The number of anilines is 1. The van der Waals surface area contributed by atoms with Gasteiger partial charge in [0.1, 0.15) is 0 Å². The topological polar surface area (TPSA) is 45.0 Å². The maximum Gasteiger partial charge on any atom is 0.0662 e. The van der Waals surface area contributed by atoms with Crippen LogP contribution in [0.4, 0.5) is 5.69 Å². The summed E-state index contributed by atoms with van der Waals surface area (Å²) in [5.74, 6) is 0. The molecule has 0 bridgehead atoms. The number of hydrogen-bond acceptors (Lipinski definition) is 2. The third kappa shape index (κ3) is 3.79. The molecule has 0 saturated heterocycles. The smallest absolute Gasteiger partial charge is 0.0662 e. The normalized spacial score (nSPS) is 11.2. The molecular formula is C20H23Cl2N3. The lowest BCUT2D eigenvalue weighted by molar-refractivity contribution is 0.748. The Morgan fingerprint density at radius 2 is 1.76 bits per heavy atom. The van der Waals surface area contributed by atoms with Gasteiger partial charge in [-0.25, -0.2) is 0 Å². The van der Waals surface area contributed by atoms with Gasteiger partial charge in [-0.05, 0) is 61.2 Å². The van der Waals surface area contributed by atoms with Crippen LogP contribution in [-0.2, 0) is 6.42 Å². The minimum Gasteiger partial charge on any atom is -0.378 e. The first kappa shape index (κ1) is 18.1. The molecule has 0 unspecified atom stereocenters. The van der Waals surface area contributed by atoms with E-state index in [1.807, 2.05) is 20.2 Å². The van der Waals surface area contributed by atoms with E-state index in [2.05, 4.69) is 34.1 Å². The summed E-state index contributed by atoms with van der Waals surface area (Å²) in [6, 6.07) is 12.3. The van der Waals surface area contributed by atoms with E-state index >= 15 is 0 Å². The summed E-state index contributed by atoms with van der Waals surface area (Å²) in [5.41, 5.74) is 11.3. The van der Waals surface area contributed by atoms with Crippen molar-refractivity contribution >= 4 is 39.8 Å². The van der Waals surface area contributed by atoms with Crippen molar-refractivity contribution < 1.29 is 0 Å². The number of aryl methyl sites for hydroxylation is 1. The van der Waals surface area contributed by atoms with E-state index in [0.717, 1.165) is 41.4 Å². The maximum atomic E-state index is 6.42. The Kier molecular flexibility index (Phi) is 5.57. The van der Waals surface area contributed by atoms with Crippen LogP contribution in [-0.4, -0.2) is 25.6 Å². The largest absolute Gasteiger partial charge is 0.378 e. The van der Waals surface area contributed by atoms with Gasteiger partial charge < -0.3 is 15.6 Å². The molecule has 0 saturated carbocycles. The van der Waals surface area contributed by atoms with E-state index in [1.165, 1.54) is 11.3 Å². The molecule has 1 aromatic heterocycles. The van der Waals surface area contributed by atoms with E-state index in [-0.39, 0.29) is 0 Å². The molecule has 0 aliphatic heterocycles. The fourth-order valence-electron chi connectivity index (χ4n) is 3.15. The van der Waals surface area contributed by atoms with E-state index in [9.17, 15) is 0 Å². The van der Waals surface area contributed by atoms with Gasteiger partial charge in [0.05, 0.1) is 10.5 Å². The number of unbranched alkanes of at least 4 members (excludes halogenated alkanes) is 1. The predicted octanol–water partition coefficient (Wildman–Crippen LogP) is 5.49. The Balaban J connectivity index is 2.12. The molecule has 0 radical (unpaired) electrons. The second-order valence-corrected chi connectivity index (χ2v) is 7.32. The van der Waals surface area contributed by atoms with Gasteiger partial charge in [0.2, 0.25) is 0 Å². The van der Waals surface area contributed by atoms with Crippen LogP contribution in [0.3, 0.4) is 0 Å². The summed E-state index contributed by atoms with van der Waals surface area (Å²) in [6.45, 7) is 0.705. The van der Waals surface area contributed by atoms with E-state index in [0.29, 0.717) is 16.6 Å². The van der Waals surface area contributed by atoms with Gasteiger partial charge in [0, 0.05) is 35.9 Å². The third-order valence-corrected chi connectivity index (χ3v) is 5.00. The van der Waals surface area contributed by atoms with Crippen LogP contribution in [0.5, 0.6) is 0 Å². The highest BCUT2D eigenvalue weighted by molar-refractivity contribution is 6.38. The van der Waals surface area contributed by atoms with Gasteiger partial charge in [-0.2, -0.15) is 0 Å². The molecule has 3 rings (SSSR count). The molecule has 5 heteroatoms. The van der Waals surface area contributed by atoms with Crippen LogP contribution in [0.15, 0.2) is 36.4 Å². The summed E-state index contributed by atoms with van der Waals surface area (Å²) < 4.78 is 0. The highest BCUT2D eigenvalue weighted by Crippen LogP contribution is 2.37. The molecule has 2 aromatic carbocycles. The number of rotatable bonds is 6. The zero-order chi connectivity index (χ0) is 18.0. The summed E-state index contributed by atoms with van der Waals surface area (Å²) in [6.07, 6.45) is 2.98. The van der Waals surface area contributed by atoms with Gasteiger partial charge in [-0.1, -0.05) is 35.3 Å². The Morgan fingerprint density at radius 1 is 1.04 bits per heavy atom. The molecule has 3 aromatic rings. The minimum atomic E-state index is 0.652. The van der Waals surface area contributed by atoms with Crippen LogP contribution < -0.4 is 10.6 Å². The van der Waals surface area contributed by atoms with Crippen molar-refractivity contribution in [2.75, 3.05) is 25.5 Å². The van der Waals surface area contributed by atoms with Crippen LogP contribution in [0, 0.1) is 0 Å². The molecule has 3 nitrogen and oxygen atoms in total. The molecule has 1 heterocycles. The predicted molar refractivity (Wildman–Crippen MR) is 110 cm³/mol. The number of fused-ring (bicyclic) bond motifs is 1. The molecular weight excluding hydrogens is 353 g/mol. The van der Waals surface area contributed by atoms with Crippen molar-refractivity contribution in [2.24, 2.45) is 5.73 Å². The minimum absolute atomic E-state index is 0.652. The summed E-state index contributed by atoms with van der Waals surface area (Å²) >= 11 is 12.7. The lowest BCUT2D eigenvalue weighted by Gasteiger charge is -2.13. The second kappa shape index (κ2) is 7.69. The molecule has 0 aliphatic rings. The highest BCUT2D eigenvalue weighted by atomic mass is 35.5. The van der Waals surface area contributed by atoms with Crippen LogP contribution in [0.2, 0.25) is 10.0 Å². The quantitative estimate of drug-likeness (QED) is 0.559. The van der Waals surface area contributed by atoms with Gasteiger partial charge >= 0.3 is 0 Å². The zero-order valence-electron chi connectivity index (χ0n) is 14.6. The summed E-state index contributed by atoms with van der Waals surface area (Å²) in [7, 11) is 4.08. The fraction of sp³-hybridized carbons (Fsp3) is 0.300. The van der Waals surface area contributed by atoms with Gasteiger partial charge in [0.25, 0.3) is 0 Å². The first-order valence-corrected chi connectivity index (χ1v) is 9.24. The van der Waals surface area contributed by atoms with Crippen molar-refractivity contribution in [1.29, 1.82) is 0 Å². The fourth-order valence-corrected chi connectivity index (χ4v) is 3.69. The monoisotopic (exact) mass is 375 g/mol. The zero-order valence-corrected chi connectivity index (χ0v) is 16.1. The lowest BCUT2D eigenvalue weighted by Crippen LogP contribution is -2.07. The average Bonchev–Trinajstić information content (AvgIpc) is 2.94. The Morgan fingerprint density at radius 3 is 2.40 bits per heavy atom. The van der Waals surface area contributed by atoms with Crippen molar-refractivity contribution in [3.8, 4) is 11.3 Å². The number of nitrogens with zero attached hydrogens (tertiary/aromatic N) is 1. The summed E-state index contributed by atoms with van der Waals surface area (Å²) in [4.78, 5) is 5.61. The van der Waals surface area contributed by atoms with Gasteiger partial charge in [-0.15, -0.1) is 0 Å². The van der Waals surface area contributed by atoms with Crippen molar-refractivity contribution in [3.05, 3.63) is 52.0 Å². The van der Waals surface area contributed by atoms with Crippen LogP contribution in [0.1, 0.15) is 18.4 Å². The molecule has 0 spiro atoms. The third-order valence-electron chi connectivity index (χ3n) is 4.49. The highest BCUT2D eigenvalue weighted by Gasteiger charge is 2.16. The van der Waals surface area contributed by atoms with Crippen molar-refractivity contribution in [3.63, 3.8) is 0 Å². The number of nitrogens with one attached hydrogen (secondary N) is 1. The van der Waals surface area contributed by atoms with Crippen molar-refractivity contribution in [1.82, 2.24) is 4.98 Å². The number of halogens is 2. The van der Waals surface area contributed by atoms with Crippen LogP contribution >= 0.6 is 23.2 Å². The molecule has 3 N–H and O–H groups in total. The molecule has 0 fully saturated rings. The van der Waals surface area contributed by atoms with Crippen LogP contribution in [0.25, 0.3) is 22.2 Å². The molecule has 0 amide bonds. The molecule has 25 heavy (non-hydrogen) atoms. The number of hydrogen-bond donors (Lipinski definition) is 2. The van der Waals surface area contributed by atoms with Crippen molar-refractivity contribution in [2.45, 2.75) is 19.3 Å². The molecule has 0 atom stereocenters. The lowest BCUT2D eigenvalue weighted by atomic mass is 10.00. The standard InChI is InChI=1S/C20H23Cl2N3/c1-25(2)15-8-6-13(7-9-15)19-16(5-3-4-10-23)17-11-14(21)12-18(22)20(17)24-19/h6-9,11-12,24H,3-5,10,23H2,1-2H3. The maximum absolute atomic E-state index is 6.42. The number of aromatic amines is 1. The second-order valence-electron chi connectivity index (χ2n) is 6.48. The SMILES string of the molecule is CN(C)c1ccc(-c2[nH]c3c(Cl)cc(Cl)cc3c2CCCCN)cc1. The Labute approximate surface area is 158 Å². The summed E-state index contributed by atoms with van der Waals surface area (Å²) in [5, 5.41) is 2.41. The first-order chi connectivity index (χ1) is 12.0. The van der Waals surface area contributed by atoms with Gasteiger partial charge in [0.15, 0.2) is 0 Å². The molecule has 0 aliphatic carbocycles. The Hall–Kier alpha value is -1.68. The number of aromatic nitrogens is 1. The number of H-pyrrole nitrogens is 1. The molecule has 132 valence electrons. The van der Waals surface area contributed by atoms with E-state index in [4.69, 9.17) is 28.9 Å².